The Balaban J connectivity index is 2.52. The number of amides is 1. The first-order chi connectivity index (χ1) is 7.19. The lowest BCUT2D eigenvalue weighted by molar-refractivity contribution is 0.0774. The molecule has 15 heavy (non-hydrogen) atoms. The maximum atomic E-state index is 11.8. The molecule has 2 rings (SSSR count). The van der Waals surface area contributed by atoms with E-state index in [2.05, 4.69) is 5.10 Å². The van der Waals surface area contributed by atoms with Gasteiger partial charge in [-0.2, -0.15) is 5.10 Å². The fraction of sp³-hybridized carbons (Fsp3) is 0.600. The number of aliphatic hydroxyl groups excluding tert-OH is 1. The molecule has 0 atom stereocenters. The van der Waals surface area contributed by atoms with Crippen LogP contribution >= 0.6 is 0 Å². The van der Waals surface area contributed by atoms with Crippen molar-refractivity contribution in [2.45, 2.75) is 26.5 Å². The number of hydrogen-bond acceptors (Lipinski definition) is 3. The monoisotopic (exact) mass is 209 g/mol. The van der Waals surface area contributed by atoms with E-state index >= 15 is 0 Å². The molecule has 0 unspecified atom stereocenters. The number of rotatable bonds is 2. The van der Waals surface area contributed by atoms with E-state index in [1.54, 1.807) is 16.6 Å². The molecule has 5 nitrogen and oxygen atoms in total. The van der Waals surface area contributed by atoms with Crippen molar-refractivity contribution in [2.75, 3.05) is 13.6 Å². The standard InChI is InChI=1S/C10H15N3O2/c1-3-13-8(6-14)7-4-5-12(2)10(15)9(7)11-13/h14H,3-6H2,1-2H3. The van der Waals surface area contributed by atoms with Crippen molar-refractivity contribution in [3.05, 3.63) is 17.0 Å². The van der Waals surface area contributed by atoms with Crippen LogP contribution in [0.1, 0.15) is 28.7 Å². The highest BCUT2D eigenvalue weighted by Gasteiger charge is 2.28. The molecule has 5 heteroatoms. The van der Waals surface area contributed by atoms with Gasteiger partial charge in [0.15, 0.2) is 5.69 Å². The Bertz CT molecular complexity index is 398. The van der Waals surface area contributed by atoms with E-state index in [0.29, 0.717) is 18.8 Å². The minimum atomic E-state index is -0.0484. The molecule has 0 aliphatic carbocycles. The van der Waals surface area contributed by atoms with Crippen molar-refractivity contribution >= 4 is 5.91 Å². The molecule has 0 saturated heterocycles. The van der Waals surface area contributed by atoms with Gasteiger partial charge in [0.25, 0.3) is 5.91 Å². The van der Waals surface area contributed by atoms with E-state index < -0.39 is 0 Å². The molecule has 82 valence electrons. The number of carbonyl (C=O) groups is 1. The zero-order valence-electron chi connectivity index (χ0n) is 9.03. The number of hydrogen-bond donors (Lipinski definition) is 1. The van der Waals surface area contributed by atoms with Gasteiger partial charge in [0.2, 0.25) is 0 Å². The van der Waals surface area contributed by atoms with Crippen LogP contribution in [-0.4, -0.2) is 39.3 Å². The number of aromatic nitrogens is 2. The van der Waals surface area contributed by atoms with Crippen LogP contribution in [0.2, 0.25) is 0 Å². The first-order valence-corrected chi connectivity index (χ1v) is 5.14. The molecule has 2 heterocycles. The molecule has 0 radical (unpaired) electrons. The zero-order valence-corrected chi connectivity index (χ0v) is 9.03. The summed E-state index contributed by atoms with van der Waals surface area (Å²) in [7, 11) is 1.77. The van der Waals surface area contributed by atoms with E-state index in [4.69, 9.17) is 0 Å². The predicted molar refractivity (Wildman–Crippen MR) is 54.5 cm³/mol. The molecule has 0 bridgehead atoms. The van der Waals surface area contributed by atoms with Crippen molar-refractivity contribution in [1.29, 1.82) is 0 Å². The Morgan fingerprint density at radius 1 is 1.53 bits per heavy atom. The zero-order chi connectivity index (χ0) is 11.0. The molecule has 1 aliphatic heterocycles. The van der Waals surface area contributed by atoms with Gasteiger partial charge < -0.3 is 10.0 Å². The van der Waals surface area contributed by atoms with Crippen LogP contribution in [0.3, 0.4) is 0 Å². The summed E-state index contributed by atoms with van der Waals surface area (Å²) in [4.78, 5) is 13.4. The molecule has 1 amide bonds. The number of likely N-dealkylation sites (N-methyl/N-ethyl adjacent to an activating group) is 1. The highest BCUT2D eigenvalue weighted by atomic mass is 16.3. The summed E-state index contributed by atoms with van der Waals surface area (Å²) in [5.41, 5.74) is 2.21. The number of aliphatic hydroxyl groups is 1. The van der Waals surface area contributed by atoms with Gasteiger partial charge in [-0.3, -0.25) is 9.48 Å². The van der Waals surface area contributed by atoms with Crippen molar-refractivity contribution in [2.24, 2.45) is 0 Å². The fourth-order valence-electron chi connectivity index (χ4n) is 1.97. The number of nitrogens with zero attached hydrogens (tertiary/aromatic N) is 3. The number of aryl methyl sites for hydroxylation is 1. The van der Waals surface area contributed by atoms with Crippen LogP contribution in [0.4, 0.5) is 0 Å². The summed E-state index contributed by atoms with van der Waals surface area (Å²) in [5, 5.41) is 13.5. The molecule has 1 N–H and O–H groups in total. The number of fused-ring (bicyclic) bond motifs is 1. The molecular weight excluding hydrogens is 194 g/mol. The fourth-order valence-corrected chi connectivity index (χ4v) is 1.97. The van der Waals surface area contributed by atoms with Crippen molar-refractivity contribution in [3.63, 3.8) is 0 Å². The minimum Gasteiger partial charge on any atom is -0.390 e. The minimum absolute atomic E-state index is 0.0434. The SMILES string of the molecule is CCn1nc2c(c1CO)CCN(C)C2=O. The molecular formula is C10H15N3O2. The van der Waals surface area contributed by atoms with Crippen molar-refractivity contribution < 1.29 is 9.90 Å². The molecule has 1 aromatic heterocycles. The molecule has 1 aliphatic rings. The average molecular weight is 209 g/mol. The van der Waals surface area contributed by atoms with Crippen LogP contribution in [0, 0.1) is 0 Å². The first kappa shape index (κ1) is 10.2. The molecule has 0 aromatic carbocycles. The van der Waals surface area contributed by atoms with E-state index in [9.17, 15) is 9.90 Å². The second-order valence-electron chi connectivity index (χ2n) is 3.72. The van der Waals surface area contributed by atoms with E-state index in [-0.39, 0.29) is 12.5 Å². The summed E-state index contributed by atoms with van der Waals surface area (Å²) in [6, 6.07) is 0. The maximum absolute atomic E-state index is 11.8. The molecule has 1 aromatic rings. The van der Waals surface area contributed by atoms with E-state index in [1.807, 2.05) is 6.92 Å². The highest BCUT2D eigenvalue weighted by Crippen LogP contribution is 2.21. The van der Waals surface area contributed by atoms with Gasteiger partial charge in [-0.25, -0.2) is 0 Å². The largest absolute Gasteiger partial charge is 0.390 e. The molecule has 0 spiro atoms. The second-order valence-corrected chi connectivity index (χ2v) is 3.72. The Hall–Kier alpha value is -1.36. The second kappa shape index (κ2) is 3.66. The average Bonchev–Trinajstić information content (AvgIpc) is 2.61. The van der Waals surface area contributed by atoms with Crippen LogP contribution in [0.25, 0.3) is 0 Å². The third-order valence-electron chi connectivity index (χ3n) is 2.86. The maximum Gasteiger partial charge on any atom is 0.274 e. The molecule has 0 saturated carbocycles. The van der Waals surface area contributed by atoms with Crippen LogP contribution in [-0.2, 0) is 19.6 Å². The predicted octanol–water partition coefficient (Wildman–Crippen LogP) is 0.0234. The normalized spacial score (nSPS) is 15.7. The van der Waals surface area contributed by atoms with Crippen LogP contribution in [0.15, 0.2) is 0 Å². The van der Waals surface area contributed by atoms with Crippen LogP contribution < -0.4 is 0 Å². The van der Waals surface area contributed by atoms with Gasteiger partial charge in [0.05, 0.1) is 12.3 Å². The Labute approximate surface area is 88.3 Å². The third-order valence-corrected chi connectivity index (χ3v) is 2.86. The van der Waals surface area contributed by atoms with E-state index in [1.165, 1.54) is 0 Å². The third kappa shape index (κ3) is 1.43. The van der Waals surface area contributed by atoms with Gasteiger partial charge in [-0.1, -0.05) is 0 Å². The van der Waals surface area contributed by atoms with Crippen molar-refractivity contribution in [3.8, 4) is 0 Å². The first-order valence-electron chi connectivity index (χ1n) is 5.14. The quantitative estimate of drug-likeness (QED) is 0.747. The van der Waals surface area contributed by atoms with Crippen LogP contribution in [0.5, 0.6) is 0 Å². The Morgan fingerprint density at radius 3 is 2.87 bits per heavy atom. The topological polar surface area (TPSA) is 58.4 Å². The van der Waals surface area contributed by atoms with Crippen molar-refractivity contribution in [1.82, 2.24) is 14.7 Å². The van der Waals surface area contributed by atoms with Gasteiger partial charge in [-0.15, -0.1) is 0 Å². The molecule has 0 fully saturated rings. The lowest BCUT2D eigenvalue weighted by Gasteiger charge is -2.21. The summed E-state index contributed by atoms with van der Waals surface area (Å²) in [6.45, 7) is 3.28. The van der Waals surface area contributed by atoms with Gasteiger partial charge in [0.1, 0.15) is 0 Å². The summed E-state index contributed by atoms with van der Waals surface area (Å²) < 4.78 is 1.71. The smallest absolute Gasteiger partial charge is 0.274 e. The Morgan fingerprint density at radius 2 is 2.27 bits per heavy atom. The number of carbonyl (C=O) groups excluding carboxylic acids is 1. The van der Waals surface area contributed by atoms with Gasteiger partial charge >= 0.3 is 0 Å². The van der Waals surface area contributed by atoms with Gasteiger partial charge in [0, 0.05) is 25.7 Å². The summed E-state index contributed by atoms with van der Waals surface area (Å²) in [5.74, 6) is -0.0434. The lowest BCUT2D eigenvalue weighted by Crippen LogP contribution is -2.34. The van der Waals surface area contributed by atoms with Gasteiger partial charge in [-0.05, 0) is 13.3 Å². The summed E-state index contributed by atoms with van der Waals surface area (Å²) >= 11 is 0. The summed E-state index contributed by atoms with van der Waals surface area (Å²) in [6.07, 6.45) is 0.785. The highest BCUT2D eigenvalue weighted by molar-refractivity contribution is 5.94. The lowest BCUT2D eigenvalue weighted by atomic mass is 10.0. The Kier molecular flexibility index (Phi) is 2.48. The van der Waals surface area contributed by atoms with E-state index in [0.717, 1.165) is 17.7 Å².